The lowest BCUT2D eigenvalue weighted by atomic mass is 10.1. The summed E-state index contributed by atoms with van der Waals surface area (Å²) in [5.41, 5.74) is 0.957. The Labute approximate surface area is 137 Å². The number of urea groups is 1. The van der Waals surface area contributed by atoms with Gasteiger partial charge in [0.25, 0.3) is 0 Å². The van der Waals surface area contributed by atoms with Gasteiger partial charge in [-0.25, -0.2) is 4.79 Å². The number of ether oxygens (including phenoxy) is 1. The van der Waals surface area contributed by atoms with Crippen molar-refractivity contribution < 1.29 is 14.6 Å². The number of rotatable bonds is 7. The minimum Gasteiger partial charge on any atom is -0.493 e. The topological polar surface area (TPSA) is 70.6 Å². The molecule has 126 valence electrons. The molecule has 1 aromatic rings. The molecule has 2 amide bonds. The number of benzene rings is 1. The van der Waals surface area contributed by atoms with Gasteiger partial charge in [-0.1, -0.05) is 44.2 Å². The van der Waals surface area contributed by atoms with E-state index >= 15 is 0 Å². The smallest absolute Gasteiger partial charge is 0.315 e. The third-order valence-corrected chi connectivity index (χ3v) is 3.71. The third-order valence-electron chi connectivity index (χ3n) is 3.71. The quantitative estimate of drug-likeness (QED) is 0.676. The Morgan fingerprint density at radius 1 is 1.35 bits per heavy atom. The van der Waals surface area contributed by atoms with Crippen molar-refractivity contribution in [3.05, 3.63) is 42.0 Å². The summed E-state index contributed by atoms with van der Waals surface area (Å²) >= 11 is 0. The van der Waals surface area contributed by atoms with Gasteiger partial charge in [0.2, 0.25) is 0 Å². The molecule has 0 fully saturated rings. The fraction of sp³-hybridized carbons (Fsp3) is 0.500. The van der Waals surface area contributed by atoms with Gasteiger partial charge in [0.05, 0.1) is 6.61 Å². The second-order valence-corrected chi connectivity index (χ2v) is 6.31. The van der Waals surface area contributed by atoms with E-state index in [-0.39, 0.29) is 24.6 Å². The number of carbonyl (C=O) groups excluding carboxylic acids is 1. The van der Waals surface area contributed by atoms with Gasteiger partial charge in [0.15, 0.2) is 0 Å². The van der Waals surface area contributed by atoms with Gasteiger partial charge in [0.1, 0.15) is 5.75 Å². The first-order valence-corrected chi connectivity index (χ1v) is 8.12. The maximum atomic E-state index is 12.0. The van der Waals surface area contributed by atoms with Gasteiger partial charge in [-0.05, 0) is 18.4 Å². The highest BCUT2D eigenvalue weighted by molar-refractivity contribution is 5.74. The average molecular weight is 318 g/mol. The van der Waals surface area contributed by atoms with Crippen LogP contribution in [0, 0.1) is 11.8 Å². The lowest BCUT2D eigenvalue weighted by molar-refractivity contribution is 0.230. The van der Waals surface area contributed by atoms with E-state index in [1.54, 1.807) is 0 Å². The Kier molecular flexibility index (Phi) is 6.47. The van der Waals surface area contributed by atoms with Crippen molar-refractivity contribution >= 4 is 6.03 Å². The standard InChI is InChI=1S/C18H26N2O3/c1-13(2)12-23-17-6-4-3-5-15(17)10-19-18(22)20-16-8-7-14(9-16)11-21/h3-8,13-14,16,21H,9-12H2,1-2H3,(H2,19,20,22)/t14-,16+/m0/s1. The Balaban J connectivity index is 1.81. The van der Waals surface area contributed by atoms with Crippen LogP contribution in [0.4, 0.5) is 4.79 Å². The zero-order valence-corrected chi connectivity index (χ0v) is 13.8. The highest BCUT2D eigenvalue weighted by Gasteiger charge is 2.19. The number of amides is 2. The summed E-state index contributed by atoms with van der Waals surface area (Å²) in [6, 6.07) is 7.51. The molecule has 0 saturated heterocycles. The van der Waals surface area contributed by atoms with Gasteiger partial charge >= 0.3 is 6.03 Å². The summed E-state index contributed by atoms with van der Waals surface area (Å²) in [6.07, 6.45) is 4.62. The number of hydrogen-bond acceptors (Lipinski definition) is 3. The number of hydrogen-bond donors (Lipinski definition) is 3. The van der Waals surface area contributed by atoms with E-state index in [9.17, 15) is 4.79 Å². The number of aliphatic hydroxyl groups is 1. The van der Waals surface area contributed by atoms with Crippen LogP contribution in [0.25, 0.3) is 0 Å². The van der Waals surface area contributed by atoms with Gasteiger partial charge in [-0.2, -0.15) is 0 Å². The molecule has 1 aliphatic carbocycles. The summed E-state index contributed by atoms with van der Waals surface area (Å²) in [6.45, 7) is 5.39. The molecule has 0 heterocycles. The molecule has 0 saturated carbocycles. The molecule has 0 aromatic heterocycles. The van der Waals surface area contributed by atoms with Crippen LogP contribution in [0.15, 0.2) is 36.4 Å². The average Bonchev–Trinajstić information content (AvgIpc) is 2.99. The van der Waals surface area contributed by atoms with Gasteiger partial charge < -0.3 is 20.5 Å². The van der Waals surface area contributed by atoms with E-state index in [1.807, 2.05) is 36.4 Å². The highest BCUT2D eigenvalue weighted by Crippen LogP contribution is 2.19. The van der Waals surface area contributed by atoms with Crippen molar-refractivity contribution in [2.24, 2.45) is 11.8 Å². The highest BCUT2D eigenvalue weighted by atomic mass is 16.5. The van der Waals surface area contributed by atoms with Gasteiger partial charge in [-0.3, -0.25) is 0 Å². The van der Waals surface area contributed by atoms with E-state index < -0.39 is 0 Å². The normalized spacial score (nSPS) is 19.8. The van der Waals surface area contributed by atoms with Crippen molar-refractivity contribution in [2.75, 3.05) is 13.2 Å². The predicted molar refractivity (Wildman–Crippen MR) is 90.3 cm³/mol. The summed E-state index contributed by atoms with van der Waals surface area (Å²) in [4.78, 5) is 12.0. The van der Waals surface area contributed by atoms with Gasteiger partial charge in [0, 0.05) is 30.7 Å². The lowest BCUT2D eigenvalue weighted by Gasteiger charge is -2.16. The van der Waals surface area contributed by atoms with Crippen molar-refractivity contribution in [3.8, 4) is 5.75 Å². The minimum atomic E-state index is -0.211. The zero-order valence-electron chi connectivity index (χ0n) is 13.8. The van der Waals surface area contributed by atoms with Crippen LogP contribution >= 0.6 is 0 Å². The Hall–Kier alpha value is -2.01. The lowest BCUT2D eigenvalue weighted by Crippen LogP contribution is -2.40. The van der Waals surface area contributed by atoms with Crippen molar-refractivity contribution in [1.82, 2.24) is 10.6 Å². The van der Waals surface area contributed by atoms with E-state index in [0.717, 1.165) is 17.7 Å². The first kappa shape index (κ1) is 17.3. The summed E-state index contributed by atoms with van der Waals surface area (Å²) in [7, 11) is 0. The van der Waals surface area contributed by atoms with Crippen molar-refractivity contribution in [1.29, 1.82) is 0 Å². The maximum Gasteiger partial charge on any atom is 0.315 e. The summed E-state index contributed by atoms with van der Waals surface area (Å²) in [5.74, 6) is 1.40. The Morgan fingerprint density at radius 3 is 2.83 bits per heavy atom. The summed E-state index contributed by atoms with van der Waals surface area (Å²) < 4.78 is 5.78. The van der Waals surface area contributed by atoms with Crippen LogP contribution in [-0.2, 0) is 6.54 Å². The van der Waals surface area contributed by atoms with E-state index in [0.29, 0.717) is 19.1 Å². The zero-order chi connectivity index (χ0) is 16.7. The number of carbonyl (C=O) groups is 1. The summed E-state index contributed by atoms with van der Waals surface area (Å²) in [5, 5.41) is 14.9. The van der Waals surface area contributed by atoms with Crippen LogP contribution in [0.1, 0.15) is 25.8 Å². The van der Waals surface area contributed by atoms with Crippen LogP contribution in [0.5, 0.6) is 5.75 Å². The molecule has 1 aliphatic rings. The first-order chi connectivity index (χ1) is 11.1. The molecule has 3 N–H and O–H groups in total. The van der Waals surface area contributed by atoms with E-state index in [4.69, 9.17) is 9.84 Å². The second-order valence-electron chi connectivity index (χ2n) is 6.31. The van der Waals surface area contributed by atoms with E-state index in [1.165, 1.54) is 0 Å². The monoisotopic (exact) mass is 318 g/mol. The second kappa shape index (κ2) is 8.58. The molecular formula is C18H26N2O3. The fourth-order valence-electron chi connectivity index (χ4n) is 2.46. The van der Waals surface area contributed by atoms with Crippen LogP contribution in [0.3, 0.4) is 0 Å². The molecule has 5 nitrogen and oxygen atoms in total. The first-order valence-electron chi connectivity index (χ1n) is 8.12. The molecule has 1 aromatic carbocycles. The van der Waals surface area contributed by atoms with Crippen LogP contribution in [-0.4, -0.2) is 30.4 Å². The van der Waals surface area contributed by atoms with Crippen molar-refractivity contribution in [2.45, 2.75) is 32.9 Å². The minimum absolute atomic E-state index is 0.0143. The maximum absolute atomic E-state index is 12.0. The van der Waals surface area contributed by atoms with E-state index in [2.05, 4.69) is 24.5 Å². The molecule has 5 heteroatoms. The molecule has 23 heavy (non-hydrogen) atoms. The third kappa shape index (κ3) is 5.60. The van der Waals surface area contributed by atoms with Crippen LogP contribution < -0.4 is 15.4 Å². The van der Waals surface area contributed by atoms with Crippen LogP contribution in [0.2, 0.25) is 0 Å². The molecule has 0 aliphatic heterocycles. The largest absolute Gasteiger partial charge is 0.493 e. The van der Waals surface area contributed by atoms with Gasteiger partial charge in [-0.15, -0.1) is 0 Å². The Bertz CT molecular complexity index is 543. The molecular weight excluding hydrogens is 292 g/mol. The predicted octanol–water partition coefficient (Wildman–Crippen LogP) is 2.46. The SMILES string of the molecule is CC(C)COc1ccccc1CNC(=O)N[C@@H]1C=C[C@H](CO)C1. The number of para-hydroxylation sites is 1. The number of aliphatic hydroxyl groups excluding tert-OH is 1. The van der Waals surface area contributed by atoms with Crippen molar-refractivity contribution in [3.63, 3.8) is 0 Å². The molecule has 0 radical (unpaired) electrons. The molecule has 2 atom stereocenters. The Morgan fingerprint density at radius 2 is 2.13 bits per heavy atom. The molecule has 0 bridgehead atoms. The molecule has 0 unspecified atom stereocenters. The number of nitrogens with one attached hydrogen (secondary N) is 2. The molecule has 0 spiro atoms. The fourth-order valence-corrected chi connectivity index (χ4v) is 2.46. The molecule has 2 rings (SSSR count).